The van der Waals surface area contributed by atoms with E-state index in [0.29, 0.717) is 6.54 Å². The van der Waals surface area contributed by atoms with Gasteiger partial charge in [0, 0.05) is 19.2 Å². The van der Waals surface area contributed by atoms with E-state index in [1.165, 1.54) is 13.0 Å². The van der Waals surface area contributed by atoms with Crippen molar-refractivity contribution in [2.45, 2.75) is 26.7 Å². The van der Waals surface area contributed by atoms with Crippen molar-refractivity contribution in [3.05, 3.63) is 35.9 Å². The smallest absolute Gasteiger partial charge is 0.250 e. The number of fused-ring (bicyclic) bond motifs is 1. The molecule has 100 valence electrons. The highest BCUT2D eigenvalue weighted by Crippen LogP contribution is 2.36. The summed E-state index contributed by atoms with van der Waals surface area (Å²) >= 11 is 0. The molecule has 1 N–H and O–H groups in total. The normalized spacial score (nSPS) is 13.7. The molecule has 0 aromatic heterocycles. The van der Waals surface area contributed by atoms with Gasteiger partial charge in [-0.25, -0.2) is 0 Å². The zero-order valence-corrected chi connectivity index (χ0v) is 11.3. The van der Waals surface area contributed by atoms with Gasteiger partial charge in [0.2, 0.25) is 11.8 Å². The number of rotatable bonds is 2. The third kappa shape index (κ3) is 2.52. The third-order valence-corrected chi connectivity index (χ3v) is 3.31. The molecule has 1 aromatic carbocycles. The molecule has 0 atom stereocenters. The van der Waals surface area contributed by atoms with Crippen LogP contribution in [0.4, 0.5) is 11.4 Å². The number of aryl methyl sites for hydroxylation is 1. The lowest BCUT2D eigenvalue weighted by Gasteiger charge is -2.31. The number of nitrogens with one attached hydrogen (secondary N) is 1. The van der Waals surface area contributed by atoms with Crippen LogP contribution in [0.2, 0.25) is 0 Å². The van der Waals surface area contributed by atoms with Gasteiger partial charge in [0.15, 0.2) is 0 Å². The van der Waals surface area contributed by atoms with Crippen molar-refractivity contribution in [3.63, 3.8) is 0 Å². The molecule has 0 spiro atoms. The second-order valence-electron chi connectivity index (χ2n) is 4.74. The van der Waals surface area contributed by atoms with E-state index in [1.54, 1.807) is 4.90 Å². The van der Waals surface area contributed by atoms with E-state index >= 15 is 0 Å². The van der Waals surface area contributed by atoms with Crippen LogP contribution >= 0.6 is 0 Å². The standard InChI is InChI=1S/C15H18N2O2/c1-4-14(19)17-9-5-6-12-13(16-11(3)18)8-7-10(2)15(12)17/h4,7-8H,1,5-6,9H2,2-3H3,(H,16,18). The first kappa shape index (κ1) is 13.3. The zero-order valence-electron chi connectivity index (χ0n) is 11.3. The summed E-state index contributed by atoms with van der Waals surface area (Å²) < 4.78 is 0. The minimum absolute atomic E-state index is 0.0935. The summed E-state index contributed by atoms with van der Waals surface area (Å²) in [6.45, 7) is 7.71. The molecule has 1 aromatic rings. The third-order valence-electron chi connectivity index (χ3n) is 3.31. The Balaban J connectivity index is 2.53. The lowest BCUT2D eigenvalue weighted by atomic mass is 9.96. The molecular weight excluding hydrogens is 240 g/mol. The fraction of sp³-hybridized carbons (Fsp3) is 0.333. The molecule has 1 heterocycles. The molecule has 0 aliphatic carbocycles. The Hall–Kier alpha value is -2.10. The van der Waals surface area contributed by atoms with Gasteiger partial charge in [0.25, 0.3) is 0 Å². The number of benzene rings is 1. The van der Waals surface area contributed by atoms with E-state index in [1.807, 2.05) is 19.1 Å². The second kappa shape index (κ2) is 5.26. The van der Waals surface area contributed by atoms with Crippen molar-refractivity contribution in [2.75, 3.05) is 16.8 Å². The molecule has 0 saturated heterocycles. The summed E-state index contributed by atoms with van der Waals surface area (Å²) in [6, 6.07) is 3.83. The topological polar surface area (TPSA) is 49.4 Å². The van der Waals surface area contributed by atoms with Gasteiger partial charge in [-0.3, -0.25) is 9.59 Å². The van der Waals surface area contributed by atoms with Crippen LogP contribution < -0.4 is 10.2 Å². The molecular formula is C15H18N2O2. The van der Waals surface area contributed by atoms with Gasteiger partial charge in [-0.05, 0) is 43.0 Å². The average molecular weight is 258 g/mol. The summed E-state index contributed by atoms with van der Waals surface area (Å²) in [4.78, 5) is 24.9. The first-order valence-electron chi connectivity index (χ1n) is 6.38. The molecule has 2 amide bonds. The second-order valence-corrected chi connectivity index (χ2v) is 4.74. The van der Waals surface area contributed by atoms with Crippen molar-refractivity contribution in [1.82, 2.24) is 0 Å². The van der Waals surface area contributed by atoms with Crippen LogP contribution in [-0.2, 0) is 16.0 Å². The quantitative estimate of drug-likeness (QED) is 0.828. The fourth-order valence-electron chi connectivity index (χ4n) is 2.55. The number of amides is 2. The molecule has 2 rings (SSSR count). The minimum atomic E-state index is -0.0989. The molecule has 4 heteroatoms. The van der Waals surface area contributed by atoms with Crippen LogP contribution in [0.15, 0.2) is 24.8 Å². The first-order chi connectivity index (χ1) is 9.04. The monoisotopic (exact) mass is 258 g/mol. The van der Waals surface area contributed by atoms with E-state index in [2.05, 4.69) is 11.9 Å². The number of hydrogen-bond donors (Lipinski definition) is 1. The van der Waals surface area contributed by atoms with E-state index in [0.717, 1.165) is 35.3 Å². The molecule has 1 aliphatic heterocycles. The Morgan fingerprint density at radius 3 is 2.79 bits per heavy atom. The molecule has 4 nitrogen and oxygen atoms in total. The summed E-state index contributed by atoms with van der Waals surface area (Å²) in [6.07, 6.45) is 3.09. The highest BCUT2D eigenvalue weighted by Gasteiger charge is 2.24. The van der Waals surface area contributed by atoms with Crippen LogP contribution in [0.25, 0.3) is 0 Å². The maximum atomic E-state index is 11.9. The van der Waals surface area contributed by atoms with E-state index in [4.69, 9.17) is 0 Å². The van der Waals surface area contributed by atoms with Gasteiger partial charge in [-0.1, -0.05) is 12.6 Å². The highest BCUT2D eigenvalue weighted by atomic mass is 16.2. The van der Waals surface area contributed by atoms with Crippen LogP contribution in [0.1, 0.15) is 24.5 Å². The van der Waals surface area contributed by atoms with Crippen LogP contribution in [0, 0.1) is 6.92 Å². The zero-order chi connectivity index (χ0) is 14.0. The maximum absolute atomic E-state index is 11.9. The predicted octanol–water partition coefficient (Wildman–Crippen LogP) is 2.42. The van der Waals surface area contributed by atoms with E-state index in [9.17, 15) is 9.59 Å². The molecule has 0 saturated carbocycles. The van der Waals surface area contributed by atoms with Gasteiger partial charge in [-0.2, -0.15) is 0 Å². The molecule has 0 unspecified atom stereocenters. The van der Waals surface area contributed by atoms with Gasteiger partial charge in [0.1, 0.15) is 0 Å². The molecule has 0 radical (unpaired) electrons. The van der Waals surface area contributed by atoms with Crippen molar-refractivity contribution >= 4 is 23.2 Å². The number of nitrogens with zero attached hydrogens (tertiary/aromatic N) is 1. The highest BCUT2D eigenvalue weighted by molar-refractivity contribution is 6.03. The summed E-state index contributed by atoms with van der Waals surface area (Å²) in [7, 11) is 0. The lowest BCUT2D eigenvalue weighted by Crippen LogP contribution is -2.35. The van der Waals surface area contributed by atoms with Crippen molar-refractivity contribution in [2.24, 2.45) is 0 Å². The van der Waals surface area contributed by atoms with E-state index < -0.39 is 0 Å². The Labute approximate surface area is 113 Å². The van der Waals surface area contributed by atoms with Crippen LogP contribution in [-0.4, -0.2) is 18.4 Å². The van der Waals surface area contributed by atoms with Crippen LogP contribution in [0.5, 0.6) is 0 Å². The Morgan fingerprint density at radius 2 is 2.16 bits per heavy atom. The summed E-state index contributed by atoms with van der Waals surface area (Å²) in [5.74, 6) is -0.192. The summed E-state index contributed by atoms with van der Waals surface area (Å²) in [5.41, 5.74) is 3.80. The number of hydrogen-bond acceptors (Lipinski definition) is 2. The molecule has 19 heavy (non-hydrogen) atoms. The number of carbonyl (C=O) groups excluding carboxylic acids is 2. The van der Waals surface area contributed by atoms with Gasteiger partial charge in [0.05, 0.1) is 5.69 Å². The predicted molar refractivity (Wildman–Crippen MR) is 76.4 cm³/mol. The Bertz CT molecular complexity index is 549. The lowest BCUT2D eigenvalue weighted by molar-refractivity contribution is -0.115. The molecule has 0 bridgehead atoms. The fourth-order valence-corrected chi connectivity index (χ4v) is 2.55. The SMILES string of the molecule is C=CC(=O)N1CCCc2c(NC(C)=O)ccc(C)c21. The molecule has 1 aliphatic rings. The molecule has 0 fully saturated rings. The van der Waals surface area contributed by atoms with Gasteiger partial charge >= 0.3 is 0 Å². The van der Waals surface area contributed by atoms with Gasteiger partial charge in [-0.15, -0.1) is 0 Å². The van der Waals surface area contributed by atoms with Crippen molar-refractivity contribution in [1.29, 1.82) is 0 Å². The first-order valence-corrected chi connectivity index (χ1v) is 6.38. The number of anilines is 2. The van der Waals surface area contributed by atoms with Crippen molar-refractivity contribution < 1.29 is 9.59 Å². The summed E-state index contributed by atoms with van der Waals surface area (Å²) in [5, 5.41) is 2.83. The Morgan fingerprint density at radius 1 is 1.42 bits per heavy atom. The number of carbonyl (C=O) groups is 2. The van der Waals surface area contributed by atoms with Crippen LogP contribution in [0.3, 0.4) is 0 Å². The van der Waals surface area contributed by atoms with Gasteiger partial charge < -0.3 is 10.2 Å². The largest absolute Gasteiger partial charge is 0.326 e. The maximum Gasteiger partial charge on any atom is 0.250 e. The minimum Gasteiger partial charge on any atom is -0.326 e. The average Bonchev–Trinajstić information content (AvgIpc) is 2.40. The Kier molecular flexibility index (Phi) is 3.69. The van der Waals surface area contributed by atoms with E-state index in [-0.39, 0.29) is 11.8 Å². The van der Waals surface area contributed by atoms with Crippen molar-refractivity contribution in [3.8, 4) is 0 Å².